The van der Waals surface area contributed by atoms with Gasteiger partial charge in [0.1, 0.15) is 29.5 Å². The lowest BCUT2D eigenvalue weighted by Crippen LogP contribution is -2.05. The van der Waals surface area contributed by atoms with Crippen molar-refractivity contribution in [3.63, 3.8) is 0 Å². The van der Waals surface area contributed by atoms with Gasteiger partial charge in [-0.05, 0) is 42.8 Å². The molecular weight excluding hydrogens is 275 g/mol. The highest BCUT2D eigenvalue weighted by Crippen LogP contribution is 2.25. The fraction of sp³-hybridized carbons (Fsp3) is 0.188. The molecule has 4 nitrogen and oxygen atoms in total. The molecule has 0 aromatic heterocycles. The number of carboxylic acids is 1. The SMILES string of the molecule is COc1ccc(F)cc1COc1cc(C)ccc1C(=O)O. The molecular formula is C16H15FO4. The van der Waals surface area contributed by atoms with Crippen molar-refractivity contribution in [2.75, 3.05) is 7.11 Å². The van der Waals surface area contributed by atoms with Crippen LogP contribution in [0.3, 0.4) is 0 Å². The van der Waals surface area contributed by atoms with Crippen LogP contribution in [0.4, 0.5) is 4.39 Å². The smallest absolute Gasteiger partial charge is 0.339 e. The first-order valence-electron chi connectivity index (χ1n) is 6.30. The molecule has 2 aromatic carbocycles. The number of halogens is 1. The largest absolute Gasteiger partial charge is 0.496 e. The van der Waals surface area contributed by atoms with Crippen molar-refractivity contribution in [3.05, 3.63) is 58.9 Å². The highest BCUT2D eigenvalue weighted by atomic mass is 19.1. The average Bonchev–Trinajstić information content (AvgIpc) is 2.45. The maximum absolute atomic E-state index is 13.3. The quantitative estimate of drug-likeness (QED) is 0.916. The van der Waals surface area contributed by atoms with Crippen molar-refractivity contribution in [3.8, 4) is 11.5 Å². The van der Waals surface area contributed by atoms with Crippen LogP contribution < -0.4 is 9.47 Å². The zero-order chi connectivity index (χ0) is 15.4. The molecule has 5 heteroatoms. The van der Waals surface area contributed by atoms with Crippen LogP contribution in [0.1, 0.15) is 21.5 Å². The zero-order valence-corrected chi connectivity index (χ0v) is 11.7. The molecule has 0 aliphatic heterocycles. The summed E-state index contributed by atoms with van der Waals surface area (Å²) in [6, 6.07) is 8.90. The van der Waals surface area contributed by atoms with Crippen molar-refractivity contribution in [2.45, 2.75) is 13.5 Å². The van der Waals surface area contributed by atoms with E-state index in [1.165, 1.54) is 31.4 Å². The molecule has 0 atom stereocenters. The Labute approximate surface area is 121 Å². The molecule has 110 valence electrons. The maximum atomic E-state index is 13.3. The van der Waals surface area contributed by atoms with E-state index in [9.17, 15) is 9.18 Å². The van der Waals surface area contributed by atoms with E-state index >= 15 is 0 Å². The monoisotopic (exact) mass is 290 g/mol. The zero-order valence-electron chi connectivity index (χ0n) is 11.7. The van der Waals surface area contributed by atoms with E-state index in [0.29, 0.717) is 11.3 Å². The van der Waals surface area contributed by atoms with Gasteiger partial charge in [-0.15, -0.1) is 0 Å². The number of carboxylic acid groups (broad SMARTS) is 1. The van der Waals surface area contributed by atoms with Crippen molar-refractivity contribution in [1.29, 1.82) is 0 Å². The number of aryl methyl sites for hydroxylation is 1. The summed E-state index contributed by atoms with van der Waals surface area (Å²) in [6.45, 7) is 1.85. The average molecular weight is 290 g/mol. The van der Waals surface area contributed by atoms with Crippen molar-refractivity contribution in [2.24, 2.45) is 0 Å². The highest BCUT2D eigenvalue weighted by Gasteiger charge is 2.13. The number of carbonyl (C=O) groups is 1. The molecule has 0 heterocycles. The Hall–Kier alpha value is -2.56. The van der Waals surface area contributed by atoms with E-state index in [1.807, 2.05) is 6.92 Å². The van der Waals surface area contributed by atoms with Gasteiger partial charge in [0.25, 0.3) is 0 Å². The molecule has 0 saturated carbocycles. The van der Waals surface area contributed by atoms with E-state index < -0.39 is 11.8 Å². The fourth-order valence-corrected chi connectivity index (χ4v) is 1.94. The fourth-order valence-electron chi connectivity index (χ4n) is 1.94. The first-order valence-corrected chi connectivity index (χ1v) is 6.30. The summed E-state index contributed by atoms with van der Waals surface area (Å²) < 4.78 is 23.9. The number of benzene rings is 2. The standard InChI is InChI=1S/C16H15FO4/c1-10-3-5-13(16(18)19)15(7-10)21-9-11-8-12(17)4-6-14(11)20-2/h3-8H,9H2,1-2H3,(H,18,19). The Morgan fingerprint density at radius 3 is 2.62 bits per heavy atom. The second-order valence-electron chi connectivity index (χ2n) is 4.55. The van der Waals surface area contributed by atoms with Crippen LogP contribution in [0.15, 0.2) is 36.4 Å². The number of ether oxygens (including phenoxy) is 2. The van der Waals surface area contributed by atoms with E-state index in [1.54, 1.807) is 12.1 Å². The molecule has 0 amide bonds. The predicted octanol–water partition coefficient (Wildman–Crippen LogP) is 3.42. The van der Waals surface area contributed by atoms with Gasteiger partial charge in [-0.3, -0.25) is 0 Å². The Morgan fingerprint density at radius 2 is 1.95 bits per heavy atom. The molecule has 21 heavy (non-hydrogen) atoms. The molecule has 1 N–H and O–H groups in total. The molecule has 0 aliphatic carbocycles. The number of aromatic carboxylic acids is 1. The summed E-state index contributed by atoms with van der Waals surface area (Å²) in [4.78, 5) is 11.2. The van der Waals surface area contributed by atoms with Gasteiger partial charge in [0.05, 0.1) is 7.11 Å². The maximum Gasteiger partial charge on any atom is 0.339 e. The van der Waals surface area contributed by atoms with Crippen LogP contribution in [0.5, 0.6) is 11.5 Å². The normalized spacial score (nSPS) is 10.2. The Bertz CT molecular complexity index is 667. The minimum Gasteiger partial charge on any atom is -0.496 e. The molecule has 0 bridgehead atoms. The summed E-state index contributed by atoms with van der Waals surface area (Å²) in [7, 11) is 1.48. The van der Waals surface area contributed by atoms with Gasteiger partial charge < -0.3 is 14.6 Å². The van der Waals surface area contributed by atoms with Crippen LogP contribution in [-0.2, 0) is 6.61 Å². The first-order chi connectivity index (χ1) is 10.0. The first kappa shape index (κ1) is 14.8. The Balaban J connectivity index is 2.26. The molecule has 0 fully saturated rings. The summed E-state index contributed by atoms with van der Waals surface area (Å²) in [5.41, 5.74) is 1.45. The van der Waals surface area contributed by atoms with Gasteiger partial charge >= 0.3 is 5.97 Å². The summed E-state index contributed by atoms with van der Waals surface area (Å²) in [6.07, 6.45) is 0. The topological polar surface area (TPSA) is 55.8 Å². The third-order valence-corrected chi connectivity index (χ3v) is 2.99. The van der Waals surface area contributed by atoms with Gasteiger partial charge in [-0.2, -0.15) is 0 Å². The minimum absolute atomic E-state index is 0.0185. The molecule has 0 spiro atoms. The van der Waals surface area contributed by atoms with Crippen molar-refractivity contribution in [1.82, 2.24) is 0 Å². The van der Waals surface area contributed by atoms with E-state index in [4.69, 9.17) is 14.6 Å². The van der Waals surface area contributed by atoms with Crippen LogP contribution in [-0.4, -0.2) is 18.2 Å². The van der Waals surface area contributed by atoms with Crippen LogP contribution >= 0.6 is 0 Å². The lowest BCUT2D eigenvalue weighted by Gasteiger charge is -2.12. The number of hydrogen-bond acceptors (Lipinski definition) is 3. The van der Waals surface area contributed by atoms with Gasteiger partial charge in [-0.1, -0.05) is 6.07 Å². The van der Waals surface area contributed by atoms with Crippen LogP contribution in [0.25, 0.3) is 0 Å². The Morgan fingerprint density at radius 1 is 1.19 bits per heavy atom. The van der Waals surface area contributed by atoms with Gasteiger partial charge in [-0.25, -0.2) is 9.18 Å². The van der Waals surface area contributed by atoms with Crippen LogP contribution in [0.2, 0.25) is 0 Å². The van der Waals surface area contributed by atoms with Crippen molar-refractivity contribution >= 4 is 5.97 Å². The van der Waals surface area contributed by atoms with Crippen molar-refractivity contribution < 1.29 is 23.8 Å². The molecule has 0 aliphatic rings. The lowest BCUT2D eigenvalue weighted by atomic mass is 10.1. The van der Waals surface area contributed by atoms with Gasteiger partial charge in [0, 0.05) is 5.56 Å². The second kappa shape index (κ2) is 6.26. The predicted molar refractivity (Wildman–Crippen MR) is 75.4 cm³/mol. The van der Waals surface area contributed by atoms with E-state index in [-0.39, 0.29) is 17.9 Å². The molecule has 2 aromatic rings. The van der Waals surface area contributed by atoms with Crippen LogP contribution in [0, 0.1) is 12.7 Å². The minimum atomic E-state index is -1.07. The lowest BCUT2D eigenvalue weighted by molar-refractivity contribution is 0.0691. The van der Waals surface area contributed by atoms with Gasteiger partial charge in [0.15, 0.2) is 0 Å². The number of methoxy groups -OCH3 is 1. The third-order valence-electron chi connectivity index (χ3n) is 2.99. The molecule has 0 unspecified atom stereocenters. The summed E-state index contributed by atoms with van der Waals surface area (Å²) in [5.74, 6) is -0.747. The summed E-state index contributed by atoms with van der Waals surface area (Å²) >= 11 is 0. The van der Waals surface area contributed by atoms with E-state index in [2.05, 4.69) is 0 Å². The summed E-state index contributed by atoms with van der Waals surface area (Å²) in [5, 5.41) is 9.13. The van der Waals surface area contributed by atoms with Gasteiger partial charge in [0.2, 0.25) is 0 Å². The van der Waals surface area contributed by atoms with E-state index in [0.717, 1.165) is 5.56 Å². The Kier molecular flexibility index (Phi) is 4.42. The highest BCUT2D eigenvalue weighted by molar-refractivity contribution is 5.90. The third kappa shape index (κ3) is 3.51. The number of rotatable bonds is 5. The molecule has 0 radical (unpaired) electrons. The second-order valence-corrected chi connectivity index (χ2v) is 4.55. The molecule has 2 rings (SSSR count). The number of hydrogen-bond donors (Lipinski definition) is 1. The molecule has 0 saturated heterocycles.